The average molecular weight is 685 g/mol. The number of fused-ring (bicyclic) bond motifs is 7. The third-order valence-corrected chi connectivity index (χ3v) is 14.7. The number of ether oxygens (including phenoxy) is 5. The lowest BCUT2D eigenvalue weighted by Crippen LogP contribution is -2.71. The van der Waals surface area contributed by atoms with Gasteiger partial charge >= 0.3 is 5.97 Å². The van der Waals surface area contributed by atoms with E-state index < -0.39 is 84.5 Å². The highest BCUT2D eigenvalue weighted by Crippen LogP contribution is 2.72. The van der Waals surface area contributed by atoms with Crippen molar-refractivity contribution in [2.24, 2.45) is 46.3 Å². The van der Waals surface area contributed by atoms with Crippen LogP contribution in [0.4, 0.5) is 0 Å². The maximum absolute atomic E-state index is 12.4. The second-order valence-corrected chi connectivity index (χ2v) is 17.0. The van der Waals surface area contributed by atoms with Crippen LogP contribution >= 0.6 is 0 Å². The van der Waals surface area contributed by atoms with Crippen LogP contribution in [-0.4, -0.2) is 128 Å². The van der Waals surface area contributed by atoms with Crippen LogP contribution in [-0.2, 0) is 28.5 Å². The van der Waals surface area contributed by atoms with Crippen molar-refractivity contribution in [1.29, 1.82) is 0 Å². The summed E-state index contributed by atoms with van der Waals surface area (Å²) in [6, 6.07) is 0. The van der Waals surface area contributed by atoms with E-state index in [1.165, 1.54) is 6.92 Å². The molecule has 4 saturated carbocycles. The first-order valence-electron chi connectivity index (χ1n) is 18.0. The Morgan fingerprint density at radius 1 is 0.938 bits per heavy atom. The van der Waals surface area contributed by atoms with Gasteiger partial charge in [-0.1, -0.05) is 27.7 Å². The van der Waals surface area contributed by atoms with Crippen molar-refractivity contribution in [3.63, 3.8) is 0 Å². The number of rotatable bonds is 4. The summed E-state index contributed by atoms with van der Waals surface area (Å²) in [6.45, 7) is 9.60. The van der Waals surface area contributed by atoms with Crippen LogP contribution in [0, 0.1) is 46.3 Å². The van der Waals surface area contributed by atoms with Gasteiger partial charge in [-0.2, -0.15) is 0 Å². The highest BCUT2D eigenvalue weighted by Gasteiger charge is 2.73. The molecule has 7 fully saturated rings. The summed E-state index contributed by atoms with van der Waals surface area (Å²) < 4.78 is 30.8. The summed E-state index contributed by atoms with van der Waals surface area (Å²) in [7, 11) is 0. The molecule has 0 radical (unpaired) electrons. The van der Waals surface area contributed by atoms with E-state index >= 15 is 0 Å². The number of esters is 1. The van der Waals surface area contributed by atoms with Crippen molar-refractivity contribution in [2.45, 2.75) is 152 Å². The molecule has 4 unspecified atom stereocenters. The minimum atomic E-state index is -1.64. The molecule has 0 aromatic carbocycles. The van der Waals surface area contributed by atoms with E-state index in [1.807, 2.05) is 13.8 Å². The number of aliphatic hydroxyl groups excluding tert-OH is 6. The highest BCUT2D eigenvalue weighted by molar-refractivity contribution is 5.66. The molecular weight excluding hydrogens is 628 g/mol. The maximum Gasteiger partial charge on any atom is 0.302 e. The predicted molar refractivity (Wildman–Crippen MR) is 166 cm³/mol. The standard InChI is InChI=1S/C35H56O13/c1-15-14-44-35(10-21(15)38)16(2)27-22(48-35)9-20-18-8-26(39)34(43)12-24(45-17(3)37)23(11-33(34,5)19(18)6-7-32(20,27)4)46-31-30(42)29(41)28(40)25(13-36)47-31/h15-16,18-31,36,38-43H,6-14H2,1-5H3/t15?,16-,18+,19-,20-,21?,22-,23+,24+,25+,26?,27-,28+,29-,30+,31+,32-,33+,34?,35+/m0/s1. The molecule has 0 aromatic heterocycles. The monoisotopic (exact) mass is 684 g/mol. The Balaban J connectivity index is 1.16. The molecule has 13 heteroatoms. The molecular formula is C35H56O13. The van der Waals surface area contributed by atoms with Crippen molar-refractivity contribution < 1.29 is 64.2 Å². The minimum absolute atomic E-state index is 0.0140. The highest BCUT2D eigenvalue weighted by atomic mass is 16.7. The Morgan fingerprint density at radius 2 is 1.67 bits per heavy atom. The lowest BCUT2D eigenvalue weighted by Gasteiger charge is -2.66. The largest absolute Gasteiger partial charge is 0.460 e. The van der Waals surface area contributed by atoms with Gasteiger partial charge in [0, 0.05) is 37.0 Å². The van der Waals surface area contributed by atoms with Crippen molar-refractivity contribution >= 4 is 5.97 Å². The normalized spacial score (nSPS) is 59.3. The Hall–Kier alpha value is -0.970. The van der Waals surface area contributed by atoms with E-state index in [-0.39, 0.29) is 59.9 Å². The Bertz CT molecular complexity index is 1230. The Morgan fingerprint density at radius 3 is 2.33 bits per heavy atom. The molecule has 3 saturated heterocycles. The smallest absolute Gasteiger partial charge is 0.302 e. The Kier molecular flexibility index (Phi) is 8.89. The van der Waals surface area contributed by atoms with Crippen LogP contribution in [0.15, 0.2) is 0 Å². The number of carbonyl (C=O) groups excluding carboxylic acids is 1. The van der Waals surface area contributed by atoms with E-state index in [0.29, 0.717) is 19.4 Å². The second-order valence-electron chi connectivity index (χ2n) is 17.0. The first-order valence-corrected chi connectivity index (χ1v) is 18.0. The van der Waals surface area contributed by atoms with Gasteiger partial charge in [-0.15, -0.1) is 0 Å². The van der Waals surface area contributed by atoms with Crippen molar-refractivity contribution in [1.82, 2.24) is 0 Å². The zero-order valence-electron chi connectivity index (χ0n) is 28.7. The molecule has 7 rings (SSSR count). The van der Waals surface area contributed by atoms with Crippen LogP contribution in [0.1, 0.15) is 79.6 Å². The van der Waals surface area contributed by atoms with Gasteiger partial charge in [-0.05, 0) is 61.2 Å². The first kappa shape index (κ1) is 35.4. The average Bonchev–Trinajstić information content (AvgIpc) is 3.46. The van der Waals surface area contributed by atoms with E-state index in [1.54, 1.807) is 0 Å². The molecule has 0 aromatic rings. The quantitative estimate of drug-likeness (QED) is 0.157. The molecule has 13 nitrogen and oxygen atoms in total. The summed E-state index contributed by atoms with van der Waals surface area (Å²) in [5.41, 5.74) is -2.58. The SMILES string of the molecule is CC(=O)O[C@@H]1CC2(O)C(O)C[C@H]3[C@@H]4C[C@@H]5O[C@]6(CC(O)C(C)CO6)[C@@H](C)[C@@H]5[C@@]4(C)CC[C@@H]3[C@@]2(C)C[C@H]1O[C@@H]1O[C@H](CO)[C@@H](O)[C@H](O)[C@H]1O. The fourth-order valence-corrected chi connectivity index (χ4v) is 12.1. The molecule has 1 spiro atoms. The van der Waals surface area contributed by atoms with Gasteiger partial charge in [0.15, 0.2) is 12.1 Å². The zero-order chi connectivity index (χ0) is 34.7. The van der Waals surface area contributed by atoms with Gasteiger partial charge in [0.05, 0.1) is 43.2 Å². The third-order valence-electron chi connectivity index (χ3n) is 14.7. The molecule has 48 heavy (non-hydrogen) atoms. The minimum Gasteiger partial charge on any atom is -0.460 e. The van der Waals surface area contributed by atoms with Gasteiger partial charge < -0.3 is 59.4 Å². The third kappa shape index (κ3) is 5.01. The summed E-state index contributed by atoms with van der Waals surface area (Å²) in [4.78, 5) is 12.2. The van der Waals surface area contributed by atoms with Gasteiger partial charge in [0.1, 0.15) is 30.5 Å². The number of hydrogen-bond donors (Lipinski definition) is 7. The summed E-state index contributed by atoms with van der Waals surface area (Å²) in [6.07, 6.45) is -7.55. The molecule has 7 aliphatic rings. The molecule has 7 N–H and O–H groups in total. The molecule has 4 aliphatic carbocycles. The molecule has 3 aliphatic heterocycles. The number of aliphatic hydroxyl groups is 7. The molecule has 20 atom stereocenters. The van der Waals surface area contributed by atoms with Gasteiger partial charge in [0.25, 0.3) is 0 Å². The van der Waals surface area contributed by atoms with E-state index in [4.69, 9.17) is 23.7 Å². The molecule has 0 bridgehead atoms. The van der Waals surface area contributed by atoms with Crippen LogP contribution in [0.25, 0.3) is 0 Å². The second kappa shape index (κ2) is 12.0. The predicted octanol–water partition coefficient (Wildman–Crippen LogP) is 0.216. The zero-order valence-corrected chi connectivity index (χ0v) is 28.7. The summed E-state index contributed by atoms with van der Waals surface area (Å²) in [5.74, 6) is -0.778. The summed E-state index contributed by atoms with van der Waals surface area (Å²) >= 11 is 0. The van der Waals surface area contributed by atoms with Crippen LogP contribution in [0.5, 0.6) is 0 Å². The molecule has 274 valence electrons. The van der Waals surface area contributed by atoms with E-state index in [9.17, 15) is 40.5 Å². The fourth-order valence-electron chi connectivity index (χ4n) is 12.1. The van der Waals surface area contributed by atoms with Gasteiger partial charge in [-0.3, -0.25) is 4.79 Å². The number of carbonyl (C=O) groups is 1. The lowest BCUT2D eigenvalue weighted by atomic mass is 9.42. The van der Waals surface area contributed by atoms with E-state index in [2.05, 4.69) is 13.8 Å². The first-order chi connectivity index (χ1) is 22.5. The topological polar surface area (TPSA) is 205 Å². The van der Waals surface area contributed by atoms with E-state index in [0.717, 1.165) is 19.3 Å². The van der Waals surface area contributed by atoms with Crippen molar-refractivity contribution in [3.8, 4) is 0 Å². The molecule has 3 heterocycles. The van der Waals surface area contributed by atoms with Crippen LogP contribution in [0.2, 0.25) is 0 Å². The maximum atomic E-state index is 12.4. The van der Waals surface area contributed by atoms with Crippen molar-refractivity contribution in [3.05, 3.63) is 0 Å². The van der Waals surface area contributed by atoms with Gasteiger partial charge in [-0.25, -0.2) is 0 Å². The van der Waals surface area contributed by atoms with Crippen molar-refractivity contribution in [2.75, 3.05) is 13.2 Å². The lowest BCUT2D eigenvalue weighted by molar-refractivity contribution is -0.340. The number of hydrogen-bond acceptors (Lipinski definition) is 13. The van der Waals surface area contributed by atoms with Crippen LogP contribution < -0.4 is 0 Å². The fraction of sp³-hybridized carbons (Fsp3) is 0.971. The molecule has 0 amide bonds. The van der Waals surface area contributed by atoms with Gasteiger partial charge in [0.2, 0.25) is 0 Å². The Labute approximate surface area is 281 Å². The summed E-state index contributed by atoms with van der Waals surface area (Å²) in [5, 5.41) is 76.3. The van der Waals surface area contributed by atoms with Crippen LogP contribution in [0.3, 0.4) is 0 Å².